The van der Waals surface area contributed by atoms with E-state index in [1.165, 1.54) is 0 Å². The molecule has 0 spiro atoms. The first-order valence-electron chi connectivity index (χ1n) is 7.47. The highest BCUT2D eigenvalue weighted by molar-refractivity contribution is 9.10. The molecule has 0 aromatic heterocycles. The minimum atomic E-state index is -0.349. The van der Waals surface area contributed by atoms with Crippen LogP contribution in [0.2, 0.25) is 0 Å². The molecule has 3 amide bonds. The van der Waals surface area contributed by atoms with Gasteiger partial charge < -0.3 is 5.32 Å². The van der Waals surface area contributed by atoms with Gasteiger partial charge in [0.05, 0.1) is 11.8 Å². The molecule has 2 atom stereocenters. The quantitative estimate of drug-likeness (QED) is 0.838. The van der Waals surface area contributed by atoms with E-state index in [4.69, 9.17) is 0 Å². The molecule has 1 aromatic carbocycles. The largest absolute Gasteiger partial charge is 0.324 e. The van der Waals surface area contributed by atoms with Crippen LogP contribution in [0.1, 0.15) is 25.7 Å². The number of fused-ring (bicyclic) bond motifs is 1. The molecule has 3 rings (SSSR count). The van der Waals surface area contributed by atoms with Crippen molar-refractivity contribution in [1.82, 2.24) is 4.90 Å². The van der Waals surface area contributed by atoms with E-state index in [1.807, 2.05) is 6.07 Å². The topological polar surface area (TPSA) is 66.5 Å². The van der Waals surface area contributed by atoms with E-state index in [1.54, 1.807) is 18.2 Å². The Hall–Kier alpha value is -1.69. The molecule has 0 unspecified atom stereocenters. The number of amides is 3. The Labute approximate surface area is 137 Å². The van der Waals surface area contributed by atoms with Crippen LogP contribution in [0.5, 0.6) is 0 Å². The van der Waals surface area contributed by atoms with Crippen molar-refractivity contribution in [1.29, 1.82) is 0 Å². The zero-order chi connectivity index (χ0) is 15.7. The Morgan fingerprint density at radius 2 is 1.82 bits per heavy atom. The Kier molecular flexibility index (Phi) is 4.29. The van der Waals surface area contributed by atoms with Gasteiger partial charge in [-0.05, 0) is 31.0 Å². The first-order valence-corrected chi connectivity index (χ1v) is 8.26. The monoisotopic (exact) mass is 364 g/mol. The second-order valence-corrected chi connectivity index (χ2v) is 6.73. The van der Waals surface area contributed by atoms with E-state index >= 15 is 0 Å². The number of benzene rings is 1. The number of halogens is 1. The summed E-state index contributed by atoms with van der Waals surface area (Å²) in [5.74, 6) is -1.13. The van der Waals surface area contributed by atoms with Crippen LogP contribution in [0.15, 0.2) is 28.7 Å². The summed E-state index contributed by atoms with van der Waals surface area (Å²) < 4.78 is 0.852. The predicted octanol–water partition coefficient (Wildman–Crippen LogP) is 2.56. The number of likely N-dealkylation sites (tertiary alicyclic amines) is 1. The lowest BCUT2D eigenvalue weighted by Gasteiger charge is -2.19. The Morgan fingerprint density at radius 1 is 1.18 bits per heavy atom. The molecular formula is C16H17BrN2O3. The summed E-state index contributed by atoms with van der Waals surface area (Å²) in [5, 5.41) is 2.72. The molecule has 0 bridgehead atoms. The van der Waals surface area contributed by atoms with E-state index in [2.05, 4.69) is 21.2 Å². The Bertz CT molecular complexity index is 608. The third-order valence-corrected chi connectivity index (χ3v) is 4.84. The second kappa shape index (κ2) is 6.20. The molecule has 2 fully saturated rings. The lowest BCUT2D eigenvalue weighted by molar-refractivity contribution is -0.142. The number of rotatable bonds is 3. The SMILES string of the molecule is O=C(CN1C(=O)[C@@H]2CCCC[C@H]2C1=O)Nc1cccc(Br)c1. The predicted molar refractivity (Wildman–Crippen MR) is 84.9 cm³/mol. The van der Waals surface area contributed by atoms with Crippen LogP contribution >= 0.6 is 15.9 Å². The van der Waals surface area contributed by atoms with E-state index in [-0.39, 0.29) is 36.1 Å². The zero-order valence-electron chi connectivity index (χ0n) is 12.0. The van der Waals surface area contributed by atoms with Crippen molar-refractivity contribution in [3.8, 4) is 0 Å². The summed E-state index contributed by atoms with van der Waals surface area (Å²) in [6.07, 6.45) is 3.49. The van der Waals surface area contributed by atoms with Gasteiger partial charge in [-0.3, -0.25) is 19.3 Å². The van der Waals surface area contributed by atoms with Crippen molar-refractivity contribution in [2.45, 2.75) is 25.7 Å². The van der Waals surface area contributed by atoms with Gasteiger partial charge in [0.2, 0.25) is 17.7 Å². The lowest BCUT2D eigenvalue weighted by Crippen LogP contribution is -2.38. The van der Waals surface area contributed by atoms with Crippen LogP contribution < -0.4 is 5.32 Å². The molecule has 1 aliphatic heterocycles. The summed E-state index contributed by atoms with van der Waals surface area (Å²) in [5.41, 5.74) is 0.635. The second-order valence-electron chi connectivity index (χ2n) is 5.82. The molecular weight excluding hydrogens is 348 g/mol. The minimum Gasteiger partial charge on any atom is -0.324 e. The van der Waals surface area contributed by atoms with Crippen LogP contribution in [0.3, 0.4) is 0 Å². The third-order valence-electron chi connectivity index (χ3n) is 4.34. The normalized spacial score (nSPS) is 24.3. The Balaban J connectivity index is 1.66. The maximum Gasteiger partial charge on any atom is 0.244 e. The first-order chi connectivity index (χ1) is 10.6. The molecule has 1 aromatic rings. The molecule has 1 saturated carbocycles. The average Bonchev–Trinajstić information content (AvgIpc) is 2.73. The fraction of sp³-hybridized carbons (Fsp3) is 0.438. The molecule has 1 N–H and O–H groups in total. The number of nitrogens with one attached hydrogen (secondary N) is 1. The number of imide groups is 1. The number of hydrogen-bond acceptors (Lipinski definition) is 3. The summed E-state index contributed by atoms with van der Waals surface area (Å²) in [6, 6.07) is 7.19. The highest BCUT2D eigenvalue weighted by Crippen LogP contribution is 2.37. The van der Waals surface area contributed by atoms with E-state index < -0.39 is 0 Å². The maximum atomic E-state index is 12.3. The van der Waals surface area contributed by atoms with Gasteiger partial charge in [-0.25, -0.2) is 0 Å². The zero-order valence-corrected chi connectivity index (χ0v) is 13.6. The summed E-state index contributed by atoms with van der Waals surface area (Å²) >= 11 is 3.33. The lowest BCUT2D eigenvalue weighted by atomic mass is 9.81. The smallest absolute Gasteiger partial charge is 0.244 e. The van der Waals surface area contributed by atoms with Crippen molar-refractivity contribution in [3.63, 3.8) is 0 Å². The molecule has 2 aliphatic rings. The van der Waals surface area contributed by atoms with Gasteiger partial charge in [-0.1, -0.05) is 34.8 Å². The fourth-order valence-electron chi connectivity index (χ4n) is 3.30. The molecule has 5 nitrogen and oxygen atoms in total. The number of carbonyl (C=O) groups excluding carboxylic acids is 3. The van der Waals surface area contributed by atoms with Crippen LogP contribution in [0.25, 0.3) is 0 Å². The van der Waals surface area contributed by atoms with Crippen LogP contribution in [0, 0.1) is 11.8 Å². The highest BCUT2D eigenvalue weighted by Gasteiger charge is 2.48. The van der Waals surface area contributed by atoms with Gasteiger partial charge >= 0.3 is 0 Å². The van der Waals surface area contributed by atoms with Gasteiger partial charge in [0.25, 0.3) is 0 Å². The molecule has 6 heteroatoms. The van der Waals surface area contributed by atoms with Crippen molar-refractivity contribution >= 4 is 39.3 Å². The molecule has 0 radical (unpaired) electrons. The van der Waals surface area contributed by atoms with Gasteiger partial charge in [-0.15, -0.1) is 0 Å². The molecule has 1 saturated heterocycles. The number of nitrogens with zero attached hydrogens (tertiary/aromatic N) is 1. The van der Waals surface area contributed by atoms with Crippen LogP contribution in [0.4, 0.5) is 5.69 Å². The van der Waals surface area contributed by atoms with Gasteiger partial charge in [-0.2, -0.15) is 0 Å². The number of anilines is 1. The number of hydrogen-bond donors (Lipinski definition) is 1. The summed E-state index contributed by atoms with van der Waals surface area (Å²) in [6.45, 7) is -0.197. The molecule has 1 heterocycles. The summed E-state index contributed by atoms with van der Waals surface area (Å²) in [4.78, 5) is 37.9. The molecule has 1 aliphatic carbocycles. The van der Waals surface area contributed by atoms with Crippen molar-refractivity contribution in [2.75, 3.05) is 11.9 Å². The third kappa shape index (κ3) is 2.92. The van der Waals surface area contributed by atoms with Crippen molar-refractivity contribution < 1.29 is 14.4 Å². The van der Waals surface area contributed by atoms with E-state index in [0.29, 0.717) is 5.69 Å². The molecule has 22 heavy (non-hydrogen) atoms. The van der Waals surface area contributed by atoms with Crippen molar-refractivity contribution in [2.24, 2.45) is 11.8 Å². The van der Waals surface area contributed by atoms with Crippen LogP contribution in [-0.2, 0) is 14.4 Å². The van der Waals surface area contributed by atoms with Gasteiger partial charge in [0.1, 0.15) is 6.54 Å². The Morgan fingerprint density at radius 3 is 2.41 bits per heavy atom. The average molecular weight is 365 g/mol. The fourth-order valence-corrected chi connectivity index (χ4v) is 3.70. The van der Waals surface area contributed by atoms with Crippen molar-refractivity contribution in [3.05, 3.63) is 28.7 Å². The van der Waals surface area contributed by atoms with Gasteiger partial charge in [0, 0.05) is 10.2 Å². The highest BCUT2D eigenvalue weighted by atomic mass is 79.9. The van der Waals surface area contributed by atoms with E-state index in [9.17, 15) is 14.4 Å². The number of carbonyl (C=O) groups is 3. The maximum absolute atomic E-state index is 12.3. The first kappa shape index (κ1) is 15.2. The van der Waals surface area contributed by atoms with Crippen LogP contribution in [-0.4, -0.2) is 29.2 Å². The minimum absolute atomic E-state index is 0.181. The van der Waals surface area contributed by atoms with Gasteiger partial charge in [0.15, 0.2) is 0 Å². The standard InChI is InChI=1S/C16H17BrN2O3/c17-10-4-3-5-11(8-10)18-14(20)9-19-15(21)12-6-1-2-7-13(12)16(19)22/h3-5,8,12-13H,1-2,6-7,9H2,(H,18,20)/t12-,13-/m1/s1. The summed E-state index contributed by atoms with van der Waals surface area (Å²) in [7, 11) is 0. The molecule has 116 valence electrons. The van der Waals surface area contributed by atoms with E-state index in [0.717, 1.165) is 35.1 Å².